The summed E-state index contributed by atoms with van der Waals surface area (Å²) in [5.74, 6) is 0.877. The summed E-state index contributed by atoms with van der Waals surface area (Å²) in [6, 6.07) is 4.67. The highest BCUT2D eigenvalue weighted by atomic mass is 32.2. The van der Waals surface area contributed by atoms with Crippen molar-refractivity contribution in [3.05, 3.63) is 18.2 Å². The molecular weight excluding hydrogens is 406 g/mol. The molecule has 2 fully saturated rings. The number of ether oxygens (including phenoxy) is 2. The molecule has 0 bridgehead atoms. The molecule has 9 heteroatoms. The first-order chi connectivity index (χ1) is 14.4. The van der Waals surface area contributed by atoms with Crippen molar-refractivity contribution in [1.29, 1.82) is 0 Å². The molecule has 3 rings (SSSR count). The van der Waals surface area contributed by atoms with Gasteiger partial charge in [0.15, 0.2) is 0 Å². The summed E-state index contributed by atoms with van der Waals surface area (Å²) in [4.78, 5) is 17.3. The number of hydrogen-bond acceptors (Lipinski definition) is 6. The Morgan fingerprint density at radius 1 is 1.07 bits per heavy atom. The van der Waals surface area contributed by atoms with E-state index in [4.69, 9.17) is 9.47 Å². The standard InChI is InChI=1S/C21H33N3O5S/c1-4-10-22-11-6-5-7-18(22)21(25)23-12-14-24(15-13-23)30(26,27)20-16-17(28-2)8-9-19(20)29-3/h8-9,16,18H,4-7,10-15H2,1-3H3. The van der Waals surface area contributed by atoms with Crippen LogP contribution in [0.3, 0.4) is 0 Å². The second-order valence-electron chi connectivity index (χ2n) is 7.79. The molecule has 1 aromatic carbocycles. The lowest BCUT2D eigenvalue weighted by atomic mass is 10.0. The Labute approximate surface area is 179 Å². The molecule has 0 saturated carbocycles. The van der Waals surface area contributed by atoms with Crippen LogP contribution in [0.15, 0.2) is 23.1 Å². The largest absolute Gasteiger partial charge is 0.497 e. The maximum atomic E-state index is 13.2. The molecule has 168 valence electrons. The van der Waals surface area contributed by atoms with Crippen molar-refractivity contribution in [2.24, 2.45) is 0 Å². The molecule has 2 aliphatic heterocycles. The van der Waals surface area contributed by atoms with Crippen LogP contribution in [0, 0.1) is 0 Å². The van der Waals surface area contributed by atoms with Gasteiger partial charge in [-0.15, -0.1) is 0 Å². The number of nitrogens with zero attached hydrogens (tertiary/aromatic N) is 3. The fourth-order valence-corrected chi connectivity index (χ4v) is 5.90. The third-order valence-corrected chi connectivity index (χ3v) is 7.87. The number of likely N-dealkylation sites (tertiary alicyclic amines) is 1. The molecule has 8 nitrogen and oxygen atoms in total. The summed E-state index contributed by atoms with van der Waals surface area (Å²) in [5, 5.41) is 0. The lowest BCUT2D eigenvalue weighted by Crippen LogP contribution is -2.56. The molecule has 0 spiro atoms. The number of sulfonamides is 1. The highest BCUT2D eigenvalue weighted by Crippen LogP contribution is 2.31. The van der Waals surface area contributed by atoms with Gasteiger partial charge in [0.2, 0.25) is 15.9 Å². The zero-order valence-corrected chi connectivity index (χ0v) is 19.0. The number of carbonyl (C=O) groups excluding carboxylic acids is 1. The minimum atomic E-state index is -3.75. The molecule has 2 saturated heterocycles. The van der Waals surface area contributed by atoms with Crippen LogP contribution in [-0.4, -0.2) is 88.0 Å². The number of rotatable bonds is 7. The van der Waals surface area contributed by atoms with Gasteiger partial charge in [0, 0.05) is 32.2 Å². The fourth-order valence-electron chi connectivity index (χ4n) is 4.31. The van der Waals surface area contributed by atoms with Crippen LogP contribution in [0.25, 0.3) is 0 Å². The molecule has 0 aliphatic carbocycles. The maximum Gasteiger partial charge on any atom is 0.247 e. The minimum absolute atomic E-state index is 0.0691. The molecule has 2 heterocycles. The summed E-state index contributed by atoms with van der Waals surface area (Å²) < 4.78 is 38.3. The summed E-state index contributed by atoms with van der Waals surface area (Å²) in [7, 11) is -0.807. The quantitative estimate of drug-likeness (QED) is 0.645. The SMILES string of the molecule is CCCN1CCCCC1C(=O)N1CCN(S(=O)(=O)c2cc(OC)ccc2OC)CC1. The van der Waals surface area contributed by atoms with E-state index in [0.717, 1.165) is 38.8 Å². The average Bonchev–Trinajstić information content (AvgIpc) is 2.78. The lowest BCUT2D eigenvalue weighted by molar-refractivity contribution is -0.139. The van der Waals surface area contributed by atoms with E-state index in [1.807, 2.05) is 4.90 Å². The van der Waals surface area contributed by atoms with Crippen molar-refractivity contribution in [1.82, 2.24) is 14.1 Å². The highest BCUT2D eigenvalue weighted by Gasteiger charge is 2.36. The molecular formula is C21H33N3O5S. The zero-order chi connectivity index (χ0) is 21.7. The summed E-state index contributed by atoms with van der Waals surface area (Å²) in [6.07, 6.45) is 4.12. The smallest absolute Gasteiger partial charge is 0.247 e. The second kappa shape index (κ2) is 9.98. The first-order valence-electron chi connectivity index (χ1n) is 10.7. The van der Waals surface area contributed by atoms with Crippen LogP contribution >= 0.6 is 0 Å². The Hall–Kier alpha value is -1.84. The van der Waals surface area contributed by atoms with E-state index in [-0.39, 0.29) is 35.7 Å². The number of piperazine rings is 1. The molecule has 0 aromatic heterocycles. The first kappa shape index (κ1) is 22.8. The van der Waals surface area contributed by atoms with Gasteiger partial charge in [-0.05, 0) is 44.5 Å². The van der Waals surface area contributed by atoms with Crippen molar-refractivity contribution >= 4 is 15.9 Å². The van der Waals surface area contributed by atoms with Gasteiger partial charge in [-0.1, -0.05) is 13.3 Å². The van der Waals surface area contributed by atoms with E-state index < -0.39 is 10.0 Å². The third kappa shape index (κ3) is 4.73. The molecule has 2 aliphatic rings. The Kier molecular flexibility index (Phi) is 7.60. The molecule has 1 aromatic rings. The highest BCUT2D eigenvalue weighted by molar-refractivity contribution is 7.89. The molecule has 1 unspecified atom stereocenters. The Morgan fingerprint density at radius 3 is 2.43 bits per heavy atom. The Morgan fingerprint density at radius 2 is 1.80 bits per heavy atom. The average molecular weight is 440 g/mol. The van der Waals surface area contributed by atoms with E-state index in [1.54, 1.807) is 12.1 Å². The molecule has 1 atom stereocenters. The summed E-state index contributed by atoms with van der Waals surface area (Å²) in [5.41, 5.74) is 0. The normalized spacial score (nSPS) is 21.4. The summed E-state index contributed by atoms with van der Waals surface area (Å²) >= 11 is 0. The van der Waals surface area contributed by atoms with E-state index >= 15 is 0 Å². The zero-order valence-electron chi connectivity index (χ0n) is 18.2. The van der Waals surface area contributed by atoms with E-state index in [0.29, 0.717) is 18.8 Å². The van der Waals surface area contributed by atoms with Gasteiger partial charge in [-0.25, -0.2) is 8.42 Å². The van der Waals surface area contributed by atoms with Gasteiger partial charge in [0.05, 0.1) is 20.3 Å². The number of benzene rings is 1. The van der Waals surface area contributed by atoms with Gasteiger partial charge in [-0.3, -0.25) is 9.69 Å². The Bertz CT molecular complexity index is 835. The summed E-state index contributed by atoms with van der Waals surface area (Å²) in [6.45, 7) is 5.38. The lowest BCUT2D eigenvalue weighted by Gasteiger charge is -2.40. The predicted octanol–water partition coefficient (Wildman–Crippen LogP) is 1.80. The topological polar surface area (TPSA) is 79.4 Å². The maximum absolute atomic E-state index is 13.2. The van der Waals surface area contributed by atoms with E-state index in [9.17, 15) is 13.2 Å². The second-order valence-corrected chi connectivity index (χ2v) is 9.70. The molecule has 1 amide bonds. The van der Waals surface area contributed by atoms with Gasteiger partial charge in [0.1, 0.15) is 16.4 Å². The van der Waals surface area contributed by atoms with Crippen molar-refractivity contribution in [2.75, 3.05) is 53.5 Å². The number of methoxy groups -OCH3 is 2. The number of piperidine rings is 1. The van der Waals surface area contributed by atoms with Crippen LogP contribution < -0.4 is 9.47 Å². The van der Waals surface area contributed by atoms with E-state index in [1.165, 1.54) is 24.6 Å². The monoisotopic (exact) mass is 439 g/mol. The van der Waals surface area contributed by atoms with Crippen LogP contribution in [0.1, 0.15) is 32.6 Å². The van der Waals surface area contributed by atoms with Gasteiger partial charge >= 0.3 is 0 Å². The van der Waals surface area contributed by atoms with Gasteiger partial charge < -0.3 is 14.4 Å². The van der Waals surface area contributed by atoms with Crippen LogP contribution in [0.4, 0.5) is 0 Å². The third-order valence-electron chi connectivity index (χ3n) is 5.95. The molecule has 0 N–H and O–H groups in total. The van der Waals surface area contributed by atoms with Crippen molar-refractivity contribution < 1.29 is 22.7 Å². The fraction of sp³-hybridized carbons (Fsp3) is 0.667. The van der Waals surface area contributed by atoms with Crippen LogP contribution in [0.5, 0.6) is 11.5 Å². The van der Waals surface area contributed by atoms with Crippen LogP contribution in [-0.2, 0) is 14.8 Å². The Balaban J connectivity index is 1.69. The van der Waals surface area contributed by atoms with Gasteiger partial charge in [0.25, 0.3) is 0 Å². The number of carbonyl (C=O) groups is 1. The van der Waals surface area contributed by atoms with Crippen molar-refractivity contribution in [2.45, 2.75) is 43.5 Å². The minimum Gasteiger partial charge on any atom is -0.497 e. The van der Waals surface area contributed by atoms with Crippen molar-refractivity contribution in [3.63, 3.8) is 0 Å². The number of hydrogen-bond donors (Lipinski definition) is 0. The molecule has 0 radical (unpaired) electrons. The predicted molar refractivity (Wildman–Crippen MR) is 114 cm³/mol. The molecule has 30 heavy (non-hydrogen) atoms. The number of amides is 1. The first-order valence-corrected chi connectivity index (χ1v) is 12.1. The van der Waals surface area contributed by atoms with Crippen LogP contribution in [0.2, 0.25) is 0 Å². The van der Waals surface area contributed by atoms with Crippen molar-refractivity contribution in [3.8, 4) is 11.5 Å². The van der Waals surface area contributed by atoms with Gasteiger partial charge in [-0.2, -0.15) is 4.31 Å². The van der Waals surface area contributed by atoms with E-state index in [2.05, 4.69) is 11.8 Å².